The van der Waals surface area contributed by atoms with Crippen LogP contribution in [0.4, 0.5) is 56.9 Å². The van der Waals surface area contributed by atoms with Crippen molar-refractivity contribution in [3.05, 3.63) is 349 Å². The number of benzene rings is 13. The normalized spacial score (nSPS) is 15.4. The van der Waals surface area contributed by atoms with Crippen LogP contribution in [0.5, 0.6) is 11.5 Å². The fourth-order valence-electron chi connectivity index (χ4n) is 16.9. The van der Waals surface area contributed by atoms with Gasteiger partial charge >= 0.3 is 0 Å². The van der Waals surface area contributed by atoms with Crippen LogP contribution in [0.25, 0.3) is 39.0 Å². The molecule has 0 radical (unpaired) electrons. The molecule has 4 heterocycles. The van der Waals surface area contributed by atoms with Crippen molar-refractivity contribution in [2.45, 2.75) is 66.7 Å². The van der Waals surface area contributed by atoms with E-state index in [-0.39, 0.29) is 12.6 Å². The van der Waals surface area contributed by atoms with Crippen LogP contribution in [0.15, 0.2) is 337 Å². The van der Waals surface area contributed by atoms with E-state index < -0.39 is 0 Å². The predicted octanol–water partition coefficient (Wildman–Crippen LogP) is 22.9. The van der Waals surface area contributed by atoms with E-state index in [9.17, 15) is 0 Å². The molecule has 7 heteroatoms. The second kappa shape index (κ2) is 24.4. The molecule has 2 aliphatic carbocycles. The van der Waals surface area contributed by atoms with E-state index in [0.29, 0.717) is 6.04 Å². The highest BCUT2D eigenvalue weighted by molar-refractivity contribution is 7.99. The van der Waals surface area contributed by atoms with Crippen LogP contribution in [-0.4, -0.2) is 12.8 Å². The van der Waals surface area contributed by atoms with Crippen LogP contribution < -0.4 is 40.7 Å². The van der Waals surface area contributed by atoms with Gasteiger partial charge in [-0.05, 0) is 165 Å². The average Bonchev–Trinajstić information content (AvgIpc) is 0.692. The molecule has 5 nitrogen and oxygen atoms in total. The number of fused-ring (bicyclic) bond motifs is 8. The third kappa shape index (κ3) is 9.84. The Hall–Kier alpha value is -11.2. The van der Waals surface area contributed by atoms with Crippen LogP contribution in [0, 0.1) is 0 Å². The van der Waals surface area contributed by atoms with Crippen molar-refractivity contribution >= 4 is 97.3 Å². The van der Waals surface area contributed by atoms with Gasteiger partial charge in [0.15, 0.2) is 0 Å². The molecule has 13 aromatic carbocycles. The highest BCUT2D eigenvalue weighted by Crippen LogP contribution is 2.62. The van der Waals surface area contributed by atoms with Gasteiger partial charge in [0.2, 0.25) is 0 Å². The second-order valence-corrected chi connectivity index (χ2v) is 27.8. The molecule has 13 aromatic rings. The summed E-state index contributed by atoms with van der Waals surface area (Å²) in [6.45, 7) is -0.199. The lowest BCUT2D eigenvalue weighted by molar-refractivity contribution is 0.436. The molecule has 468 valence electrons. The molecule has 19 rings (SSSR count). The van der Waals surface area contributed by atoms with Gasteiger partial charge < -0.3 is 24.3 Å². The van der Waals surface area contributed by atoms with E-state index >= 15 is 0 Å². The zero-order valence-electron chi connectivity index (χ0n) is 54.4. The molecule has 1 saturated carbocycles. The largest absolute Gasteiger partial charge is 0.458 e. The monoisotopic (exact) mass is 1280 g/mol. The van der Waals surface area contributed by atoms with Gasteiger partial charge in [-0.15, -0.1) is 0 Å². The predicted molar refractivity (Wildman–Crippen MR) is 411 cm³/mol. The molecule has 4 aliphatic heterocycles. The summed E-state index contributed by atoms with van der Waals surface area (Å²) in [5.74, 6) is 1.64. The molecule has 0 aromatic heterocycles. The first kappa shape index (κ1) is 58.1. The summed E-state index contributed by atoms with van der Waals surface area (Å²) in [5, 5.41) is 0. The van der Waals surface area contributed by atoms with Crippen molar-refractivity contribution < 1.29 is 4.74 Å². The quantitative estimate of drug-likeness (QED) is 0.113. The van der Waals surface area contributed by atoms with Crippen molar-refractivity contribution in [3.8, 4) is 44.9 Å². The number of rotatable bonds is 12. The lowest BCUT2D eigenvalue weighted by Gasteiger charge is -2.45. The van der Waals surface area contributed by atoms with Crippen LogP contribution in [0.3, 0.4) is 0 Å². The minimum Gasteiger partial charge on any atom is -0.458 e. The average molecular weight is 1280 g/mol. The topological polar surface area (TPSA) is 22.2 Å². The Morgan fingerprint density at radius 2 is 1.02 bits per heavy atom. The summed E-state index contributed by atoms with van der Waals surface area (Å²) in [7, 11) is 0. The number of allylic oxidation sites excluding steroid dienone is 3. The minimum atomic E-state index is -0.199. The van der Waals surface area contributed by atoms with Crippen LogP contribution in [0.1, 0.15) is 73.1 Å². The summed E-state index contributed by atoms with van der Waals surface area (Å²) in [5.41, 5.74) is 29.6. The number of hydrogen-bond acceptors (Lipinski definition) is 6. The Labute approximate surface area is 579 Å². The number of hydrogen-bond donors (Lipinski definition) is 0. The van der Waals surface area contributed by atoms with Gasteiger partial charge in [-0.25, -0.2) is 0 Å². The van der Waals surface area contributed by atoms with Crippen LogP contribution >= 0.6 is 11.8 Å². The Balaban J connectivity index is 0.903. The van der Waals surface area contributed by atoms with Gasteiger partial charge in [0, 0.05) is 84.3 Å². The molecule has 6 aliphatic rings. The fourth-order valence-corrected chi connectivity index (χ4v) is 18.1. The summed E-state index contributed by atoms with van der Waals surface area (Å²) >= 11 is 1.95. The first-order valence-corrected chi connectivity index (χ1v) is 35.7. The van der Waals surface area contributed by atoms with E-state index in [1.54, 1.807) is 0 Å². The molecule has 1 fully saturated rings. The molecule has 0 spiro atoms. The molecule has 1 atom stereocenters. The standard InChI is InChI=1S/C91H69BN4OS/c1-8-29-61(30-9-1)62-51-53-69(54-52-62)94(79-48-25-22-43-72(79)63-31-10-2-11-32-63)70-56-83-90-85(57-70)97-84-50-27-24-47-77(84)92(90)78-59-76-86(60-81(78)96(83)91-73(64-33-12-3-13-34-64)45-28-46-74(91)65-35-14-4-15-36-65)98-87-58-71(93(66-37-16-5-17-38-66)67-39-18-6-19-40-67)55-82-89(87)88(76)75-44-23-26-49-80(75)95(82)68-41-20-7-21-42-68/h1-5,7-17,20-21,23-38,41-42,44-60,67,88H,6,18-19,22,39-40,43H2. The summed E-state index contributed by atoms with van der Waals surface area (Å²) < 4.78 is 7.59. The summed E-state index contributed by atoms with van der Waals surface area (Å²) in [6.07, 6.45) is 12.6. The summed E-state index contributed by atoms with van der Waals surface area (Å²) in [4.78, 5) is 13.0. The Morgan fingerprint density at radius 1 is 0.408 bits per heavy atom. The highest BCUT2D eigenvalue weighted by Gasteiger charge is 2.47. The first-order chi connectivity index (χ1) is 48.6. The third-order valence-electron chi connectivity index (χ3n) is 21.1. The molecule has 0 N–H and O–H groups in total. The molecule has 1 unspecified atom stereocenters. The Morgan fingerprint density at radius 3 is 1.73 bits per heavy atom. The van der Waals surface area contributed by atoms with Crippen molar-refractivity contribution in [2.24, 2.45) is 0 Å². The minimum absolute atomic E-state index is 0.0765. The van der Waals surface area contributed by atoms with Crippen molar-refractivity contribution in [2.75, 3.05) is 19.6 Å². The molecule has 0 saturated heterocycles. The number of nitrogens with zero attached hydrogens (tertiary/aromatic N) is 4. The van der Waals surface area contributed by atoms with Crippen molar-refractivity contribution in [1.82, 2.24) is 0 Å². The van der Waals surface area contributed by atoms with Gasteiger partial charge in [0.1, 0.15) is 11.5 Å². The van der Waals surface area contributed by atoms with Gasteiger partial charge in [-0.3, -0.25) is 0 Å². The van der Waals surface area contributed by atoms with Gasteiger partial charge in [-0.1, -0.05) is 268 Å². The zero-order valence-corrected chi connectivity index (χ0v) is 55.2. The van der Waals surface area contributed by atoms with Crippen molar-refractivity contribution in [3.63, 3.8) is 0 Å². The highest BCUT2D eigenvalue weighted by atomic mass is 32.2. The number of para-hydroxylation sites is 5. The van der Waals surface area contributed by atoms with E-state index in [1.807, 2.05) is 11.8 Å². The first-order valence-electron chi connectivity index (χ1n) is 34.9. The third-order valence-corrected chi connectivity index (χ3v) is 22.3. The number of ether oxygens (including phenoxy) is 1. The Bertz CT molecular complexity index is 5210. The smallest absolute Gasteiger partial charge is 0.256 e. The molecule has 0 bridgehead atoms. The molecule has 0 amide bonds. The number of anilines is 10. The maximum Gasteiger partial charge on any atom is 0.256 e. The fraction of sp³-hybridized carbons (Fsp3) is 0.0989. The maximum absolute atomic E-state index is 7.59. The maximum atomic E-state index is 7.59. The molecular weight excluding hydrogens is 1210 g/mol. The van der Waals surface area contributed by atoms with E-state index in [0.717, 1.165) is 110 Å². The lowest BCUT2D eigenvalue weighted by Crippen LogP contribution is -2.59. The SMILES string of the molecule is C1=CC(N(c2ccc(-c3ccccc3)cc2)c2cc3c4c(c2)N(c2c(-c5ccccc5)cccc2-c2ccccc2)c2cc5c(cc2B4c2ccccc2O3)C2c3ccccc3N(c3ccccc3)c3cc(N(c4ccccc4)C4CCCCC4)cc(c32)S5)=C(c2ccccc2)CC1. The van der Waals surface area contributed by atoms with Gasteiger partial charge in [-0.2, -0.15) is 0 Å². The molecular formula is C91H69BN4OS. The van der Waals surface area contributed by atoms with E-state index in [2.05, 4.69) is 341 Å². The molecule has 98 heavy (non-hydrogen) atoms. The Kier molecular flexibility index (Phi) is 14.5. The van der Waals surface area contributed by atoms with E-state index in [4.69, 9.17) is 4.74 Å². The second-order valence-electron chi connectivity index (χ2n) is 26.7. The van der Waals surface area contributed by atoms with Crippen LogP contribution in [0.2, 0.25) is 0 Å². The lowest BCUT2D eigenvalue weighted by atomic mass is 9.34. The van der Waals surface area contributed by atoms with Crippen molar-refractivity contribution in [1.29, 1.82) is 0 Å². The van der Waals surface area contributed by atoms with E-state index in [1.165, 1.54) is 96.2 Å². The van der Waals surface area contributed by atoms with Gasteiger partial charge in [0.05, 0.1) is 22.7 Å². The summed E-state index contributed by atoms with van der Waals surface area (Å²) in [6, 6.07) is 116. The van der Waals surface area contributed by atoms with Gasteiger partial charge in [0.25, 0.3) is 6.71 Å². The van der Waals surface area contributed by atoms with Crippen LogP contribution in [-0.2, 0) is 0 Å². The zero-order chi connectivity index (χ0) is 64.6.